The molecular weight excluding hydrogens is 422 g/mol. The molecule has 32 heavy (non-hydrogen) atoms. The fourth-order valence-corrected chi connectivity index (χ4v) is 4.88. The molecule has 0 aliphatic heterocycles. The number of sulfonamides is 1. The Labute approximate surface area is 188 Å². The summed E-state index contributed by atoms with van der Waals surface area (Å²) in [4.78, 5) is 0.184. The molecule has 4 aromatic rings. The van der Waals surface area contributed by atoms with E-state index in [1.165, 1.54) is 0 Å². The number of aryl methyl sites for hydroxylation is 3. The quantitative estimate of drug-likeness (QED) is 0.437. The zero-order valence-electron chi connectivity index (χ0n) is 18.5. The maximum absolute atomic E-state index is 12.9. The molecule has 1 aromatic heterocycles. The molecule has 0 radical (unpaired) electrons. The second-order valence-corrected chi connectivity index (χ2v) is 9.40. The molecule has 0 saturated heterocycles. The van der Waals surface area contributed by atoms with Crippen LogP contribution >= 0.6 is 0 Å². The molecule has 0 spiro atoms. The summed E-state index contributed by atoms with van der Waals surface area (Å²) in [6.07, 6.45) is 0. The van der Waals surface area contributed by atoms with Gasteiger partial charge in [0.15, 0.2) is 5.82 Å². The summed E-state index contributed by atoms with van der Waals surface area (Å²) in [6.45, 7) is 6.11. The van der Waals surface area contributed by atoms with Gasteiger partial charge in [0, 0.05) is 11.6 Å². The number of ether oxygens (including phenoxy) is 1. The Morgan fingerprint density at radius 1 is 0.875 bits per heavy atom. The van der Waals surface area contributed by atoms with Gasteiger partial charge in [-0.2, -0.15) is 0 Å². The van der Waals surface area contributed by atoms with Crippen LogP contribution < -0.4 is 9.46 Å². The molecule has 0 bridgehead atoms. The highest BCUT2D eigenvalue weighted by atomic mass is 32.2. The van der Waals surface area contributed by atoms with E-state index in [-0.39, 0.29) is 10.7 Å². The molecule has 0 fully saturated rings. The van der Waals surface area contributed by atoms with Gasteiger partial charge in [0.05, 0.1) is 23.4 Å². The van der Waals surface area contributed by atoms with E-state index in [0.29, 0.717) is 0 Å². The van der Waals surface area contributed by atoms with Gasteiger partial charge in [-0.1, -0.05) is 35.9 Å². The van der Waals surface area contributed by atoms with Gasteiger partial charge in [-0.3, -0.25) is 4.72 Å². The summed E-state index contributed by atoms with van der Waals surface area (Å²) >= 11 is 0. The van der Waals surface area contributed by atoms with Crippen molar-refractivity contribution >= 4 is 15.8 Å². The Morgan fingerprint density at radius 3 is 2.09 bits per heavy atom. The average Bonchev–Trinajstić information content (AvgIpc) is 3.16. The summed E-state index contributed by atoms with van der Waals surface area (Å²) in [5, 5.41) is 4.66. The number of anilines is 1. The fourth-order valence-electron chi connectivity index (χ4n) is 3.87. The minimum absolute atomic E-state index is 0.184. The molecule has 7 heteroatoms. The van der Waals surface area contributed by atoms with Gasteiger partial charge in [-0.25, -0.2) is 13.1 Å². The molecule has 0 aliphatic carbocycles. The average molecular weight is 448 g/mol. The van der Waals surface area contributed by atoms with Crippen molar-refractivity contribution in [1.82, 2.24) is 9.78 Å². The maximum atomic E-state index is 12.9. The fraction of sp³-hybridized carbons (Fsp3) is 0.160. The molecule has 1 heterocycles. The number of rotatable bonds is 6. The molecule has 0 amide bonds. The van der Waals surface area contributed by atoms with Gasteiger partial charge >= 0.3 is 0 Å². The van der Waals surface area contributed by atoms with Gasteiger partial charge < -0.3 is 4.74 Å². The highest BCUT2D eigenvalue weighted by Gasteiger charge is 2.20. The van der Waals surface area contributed by atoms with Crippen molar-refractivity contribution in [2.24, 2.45) is 0 Å². The third-order valence-electron chi connectivity index (χ3n) is 5.23. The summed E-state index contributed by atoms with van der Waals surface area (Å²) in [5.74, 6) is 0.992. The van der Waals surface area contributed by atoms with Crippen molar-refractivity contribution in [3.8, 4) is 22.7 Å². The zero-order chi connectivity index (χ0) is 22.9. The van der Waals surface area contributed by atoms with Gasteiger partial charge in [-0.05, 0) is 68.3 Å². The third kappa shape index (κ3) is 4.24. The van der Waals surface area contributed by atoms with E-state index in [1.807, 2.05) is 38.1 Å². The Balaban J connectivity index is 1.86. The van der Waals surface area contributed by atoms with Crippen LogP contribution in [0.15, 0.2) is 77.7 Å². The molecule has 0 atom stereocenters. The predicted molar refractivity (Wildman–Crippen MR) is 127 cm³/mol. The van der Waals surface area contributed by atoms with Crippen molar-refractivity contribution in [3.05, 3.63) is 89.5 Å². The predicted octanol–water partition coefficient (Wildman–Crippen LogP) is 5.27. The normalized spacial score (nSPS) is 11.4. The SMILES string of the molecule is COc1ccc(-c2cc(NS(=O)(=O)c3ccccc3)nn2-c2c(C)cc(C)cc2C)cc1. The first kappa shape index (κ1) is 21.6. The van der Waals surface area contributed by atoms with Crippen LogP contribution in [-0.4, -0.2) is 25.3 Å². The summed E-state index contributed by atoms with van der Waals surface area (Å²) < 4.78 is 35.5. The first-order valence-corrected chi connectivity index (χ1v) is 11.7. The molecule has 1 N–H and O–H groups in total. The minimum Gasteiger partial charge on any atom is -0.497 e. The molecular formula is C25H25N3O3S. The first-order valence-electron chi connectivity index (χ1n) is 10.2. The van der Waals surface area contributed by atoms with Crippen LogP contribution in [0.25, 0.3) is 16.9 Å². The highest BCUT2D eigenvalue weighted by molar-refractivity contribution is 7.92. The molecule has 0 saturated carbocycles. The Bertz CT molecular complexity index is 1340. The standard InChI is InChI=1S/C25H25N3O3S/c1-17-14-18(2)25(19(3)15-17)28-23(20-10-12-21(31-4)13-11-20)16-24(26-28)27-32(29,30)22-8-6-5-7-9-22/h5-16H,1-4H3,(H,26,27). The van der Waals surface area contributed by atoms with E-state index >= 15 is 0 Å². The number of hydrogen-bond acceptors (Lipinski definition) is 4. The van der Waals surface area contributed by atoms with Crippen LogP contribution in [0.2, 0.25) is 0 Å². The number of nitrogens with one attached hydrogen (secondary N) is 1. The van der Waals surface area contributed by atoms with Crippen LogP contribution in [0.3, 0.4) is 0 Å². The Morgan fingerprint density at radius 2 is 1.50 bits per heavy atom. The second kappa shape index (κ2) is 8.51. The van der Waals surface area contributed by atoms with E-state index in [1.54, 1.807) is 48.2 Å². The van der Waals surface area contributed by atoms with Crippen LogP contribution in [0, 0.1) is 20.8 Å². The molecule has 6 nitrogen and oxygen atoms in total. The first-order chi connectivity index (χ1) is 15.3. The van der Waals surface area contributed by atoms with E-state index in [9.17, 15) is 8.42 Å². The van der Waals surface area contributed by atoms with Crippen molar-refractivity contribution in [3.63, 3.8) is 0 Å². The van der Waals surface area contributed by atoms with Gasteiger partial charge in [0.2, 0.25) is 0 Å². The number of methoxy groups -OCH3 is 1. The lowest BCUT2D eigenvalue weighted by molar-refractivity contribution is 0.415. The lowest BCUT2D eigenvalue weighted by Gasteiger charge is -2.14. The highest BCUT2D eigenvalue weighted by Crippen LogP contribution is 2.31. The third-order valence-corrected chi connectivity index (χ3v) is 6.61. The van der Waals surface area contributed by atoms with Crippen molar-refractivity contribution in [1.29, 1.82) is 0 Å². The van der Waals surface area contributed by atoms with Crippen LogP contribution in [0.5, 0.6) is 5.75 Å². The van der Waals surface area contributed by atoms with Crippen LogP contribution in [0.4, 0.5) is 5.82 Å². The Kier molecular flexibility index (Phi) is 5.76. The molecule has 0 unspecified atom stereocenters. The van der Waals surface area contributed by atoms with Crippen molar-refractivity contribution in [2.75, 3.05) is 11.8 Å². The molecule has 0 aliphatic rings. The van der Waals surface area contributed by atoms with Gasteiger partial charge in [-0.15, -0.1) is 5.10 Å². The molecule has 3 aromatic carbocycles. The van der Waals surface area contributed by atoms with Crippen LogP contribution in [-0.2, 0) is 10.0 Å². The van der Waals surface area contributed by atoms with E-state index < -0.39 is 10.0 Å². The van der Waals surface area contributed by atoms with Crippen LogP contribution in [0.1, 0.15) is 16.7 Å². The second-order valence-electron chi connectivity index (χ2n) is 7.72. The summed E-state index contributed by atoms with van der Waals surface area (Å²) in [5.41, 5.74) is 5.85. The summed E-state index contributed by atoms with van der Waals surface area (Å²) in [7, 11) is -2.14. The number of nitrogens with zero attached hydrogens (tertiary/aromatic N) is 2. The topological polar surface area (TPSA) is 73.2 Å². The minimum atomic E-state index is -3.76. The Hall–Kier alpha value is -3.58. The monoisotopic (exact) mass is 447 g/mol. The maximum Gasteiger partial charge on any atom is 0.263 e. The smallest absolute Gasteiger partial charge is 0.263 e. The zero-order valence-corrected chi connectivity index (χ0v) is 19.3. The number of benzene rings is 3. The number of hydrogen-bond donors (Lipinski definition) is 1. The van der Waals surface area contributed by atoms with Gasteiger partial charge in [0.1, 0.15) is 5.75 Å². The largest absolute Gasteiger partial charge is 0.497 e. The van der Waals surface area contributed by atoms with E-state index in [0.717, 1.165) is 39.4 Å². The van der Waals surface area contributed by atoms with E-state index in [4.69, 9.17) is 4.74 Å². The summed E-state index contributed by atoms with van der Waals surface area (Å²) in [6, 6.07) is 21.8. The van der Waals surface area contributed by atoms with E-state index in [2.05, 4.69) is 28.9 Å². The molecule has 164 valence electrons. The van der Waals surface area contributed by atoms with Crippen molar-refractivity contribution < 1.29 is 13.2 Å². The lowest BCUT2D eigenvalue weighted by Crippen LogP contribution is -2.13. The van der Waals surface area contributed by atoms with Crippen molar-refractivity contribution in [2.45, 2.75) is 25.7 Å². The number of aromatic nitrogens is 2. The van der Waals surface area contributed by atoms with Gasteiger partial charge in [0.25, 0.3) is 10.0 Å². The lowest BCUT2D eigenvalue weighted by atomic mass is 10.0. The molecule has 4 rings (SSSR count).